The summed E-state index contributed by atoms with van der Waals surface area (Å²) >= 11 is 0. The van der Waals surface area contributed by atoms with E-state index in [0.717, 1.165) is 28.4 Å². The van der Waals surface area contributed by atoms with Crippen molar-refractivity contribution in [1.82, 2.24) is 0 Å². The van der Waals surface area contributed by atoms with E-state index in [9.17, 15) is 0 Å². The Labute approximate surface area is 187 Å². The molecule has 5 rings (SSSR count). The Hall–Kier alpha value is -4.18. The van der Waals surface area contributed by atoms with Gasteiger partial charge in [-0.05, 0) is 54.4 Å². The van der Waals surface area contributed by atoms with Crippen molar-refractivity contribution in [2.24, 2.45) is 0 Å². The minimum atomic E-state index is 0.994. The van der Waals surface area contributed by atoms with Gasteiger partial charge in [0.15, 0.2) is 0 Å². The minimum Gasteiger partial charge on any atom is -0.470 e. The number of benzene rings is 3. The normalized spacial score (nSPS) is 10.8. The topological polar surface area (TPSA) is 32.8 Å². The lowest BCUT2D eigenvalue weighted by Crippen LogP contribution is -2.09. The maximum absolute atomic E-state index is 5.36. The Balaban J connectivity index is 1.42. The van der Waals surface area contributed by atoms with Crippen LogP contribution in [-0.2, 0) is 0 Å². The highest BCUT2D eigenvalue weighted by molar-refractivity contribution is 5.78. The van der Waals surface area contributed by atoms with E-state index in [1.165, 1.54) is 16.7 Å². The summed E-state index contributed by atoms with van der Waals surface area (Å²) < 4.78 is 10.6. The van der Waals surface area contributed by atoms with Crippen LogP contribution in [0.3, 0.4) is 0 Å². The third-order valence-electron chi connectivity index (χ3n) is 5.66. The number of aryl methyl sites for hydroxylation is 1. The predicted octanol–water partition coefficient (Wildman–Crippen LogP) is 8.09. The van der Waals surface area contributed by atoms with Crippen molar-refractivity contribution in [1.29, 1.82) is 0 Å². The molecule has 0 unspecified atom stereocenters. The highest BCUT2D eigenvalue weighted by Crippen LogP contribution is 2.36. The molecule has 4 nitrogen and oxygen atoms in total. The van der Waals surface area contributed by atoms with Gasteiger partial charge in [-0.1, -0.05) is 42.0 Å². The molecule has 0 fully saturated rings. The molecule has 0 bridgehead atoms. The van der Waals surface area contributed by atoms with Crippen molar-refractivity contribution in [2.75, 3.05) is 16.8 Å². The smallest absolute Gasteiger partial charge is 0.114 e. The number of nitrogens with zero attached hydrogens (tertiary/aromatic N) is 2. The first-order valence-electron chi connectivity index (χ1n) is 10.5. The maximum atomic E-state index is 5.36. The highest BCUT2D eigenvalue weighted by Gasteiger charge is 2.13. The van der Waals surface area contributed by atoms with Gasteiger partial charge < -0.3 is 18.6 Å². The second-order valence-electron chi connectivity index (χ2n) is 7.79. The van der Waals surface area contributed by atoms with E-state index in [4.69, 9.17) is 8.83 Å². The fourth-order valence-corrected chi connectivity index (χ4v) is 3.80. The molecule has 2 aromatic heterocycles. The first kappa shape index (κ1) is 19.8. The molecule has 0 aliphatic rings. The van der Waals surface area contributed by atoms with Crippen molar-refractivity contribution in [3.8, 4) is 11.1 Å². The van der Waals surface area contributed by atoms with Crippen molar-refractivity contribution in [2.45, 2.75) is 6.92 Å². The van der Waals surface area contributed by atoms with Crippen molar-refractivity contribution < 1.29 is 8.83 Å². The zero-order valence-electron chi connectivity index (χ0n) is 18.1. The van der Waals surface area contributed by atoms with E-state index in [-0.39, 0.29) is 0 Å². The molecule has 2 heterocycles. The van der Waals surface area contributed by atoms with Gasteiger partial charge in [-0.25, -0.2) is 0 Å². The molecule has 3 aromatic carbocycles. The van der Waals surface area contributed by atoms with E-state index < -0.39 is 0 Å². The summed E-state index contributed by atoms with van der Waals surface area (Å²) in [6.07, 6.45) is 6.90. The number of rotatable bonds is 6. The number of hydrogen-bond donors (Lipinski definition) is 0. The standard InChI is InChI=1S/C28H24N2O2/c1-21-3-9-25(10-4-21)30(28-16-18-32-20-28)26-13-7-23(8-14-26)22-5-11-24(12-6-22)29(2)27-15-17-31-19-27/h3-20H,1-2H3. The van der Waals surface area contributed by atoms with Crippen LogP contribution in [0.25, 0.3) is 11.1 Å². The molecule has 0 spiro atoms. The lowest BCUT2D eigenvalue weighted by molar-refractivity contribution is 0.567. The van der Waals surface area contributed by atoms with Crippen molar-refractivity contribution in [3.05, 3.63) is 116 Å². The molecule has 0 saturated heterocycles. The quantitative estimate of drug-likeness (QED) is 0.278. The van der Waals surface area contributed by atoms with Crippen molar-refractivity contribution >= 4 is 28.4 Å². The molecule has 0 saturated carbocycles. The van der Waals surface area contributed by atoms with E-state index >= 15 is 0 Å². The van der Waals surface area contributed by atoms with Crippen LogP contribution in [0.15, 0.2) is 119 Å². The molecule has 4 heteroatoms. The second-order valence-corrected chi connectivity index (χ2v) is 7.79. The number of anilines is 5. The van der Waals surface area contributed by atoms with Gasteiger partial charge in [0.05, 0.1) is 23.9 Å². The van der Waals surface area contributed by atoms with Gasteiger partial charge in [-0.15, -0.1) is 0 Å². The average Bonchev–Trinajstić information content (AvgIpc) is 3.56. The Morgan fingerprint density at radius 1 is 0.500 bits per heavy atom. The molecular weight excluding hydrogens is 396 g/mol. The van der Waals surface area contributed by atoms with E-state index in [1.54, 1.807) is 25.1 Å². The minimum absolute atomic E-state index is 0.994. The fraction of sp³-hybridized carbons (Fsp3) is 0.0714. The fourth-order valence-electron chi connectivity index (χ4n) is 3.80. The molecule has 32 heavy (non-hydrogen) atoms. The summed E-state index contributed by atoms with van der Waals surface area (Å²) in [6.45, 7) is 2.10. The molecular formula is C28H24N2O2. The third kappa shape index (κ3) is 3.91. The largest absolute Gasteiger partial charge is 0.470 e. The van der Waals surface area contributed by atoms with Gasteiger partial charge in [-0.3, -0.25) is 0 Å². The number of furan rings is 2. The summed E-state index contributed by atoms with van der Waals surface area (Å²) in [4.78, 5) is 4.29. The first-order chi connectivity index (χ1) is 15.7. The average molecular weight is 421 g/mol. The van der Waals surface area contributed by atoms with E-state index in [0.29, 0.717) is 0 Å². The lowest BCUT2D eigenvalue weighted by Gasteiger charge is -2.24. The molecule has 5 aromatic rings. The monoisotopic (exact) mass is 420 g/mol. The van der Waals surface area contributed by atoms with Crippen LogP contribution in [0.2, 0.25) is 0 Å². The Kier molecular flexibility index (Phi) is 5.26. The molecule has 0 aliphatic carbocycles. The Morgan fingerprint density at radius 3 is 1.47 bits per heavy atom. The van der Waals surface area contributed by atoms with Crippen LogP contribution in [0.4, 0.5) is 28.4 Å². The van der Waals surface area contributed by atoms with Crippen LogP contribution in [0.1, 0.15) is 5.56 Å². The molecule has 0 amide bonds. The zero-order valence-corrected chi connectivity index (χ0v) is 18.1. The summed E-state index contributed by atoms with van der Waals surface area (Å²) in [6, 6.07) is 29.6. The SMILES string of the molecule is Cc1ccc(N(c2ccc(-c3ccc(N(C)c4ccoc4)cc3)cc2)c2ccoc2)cc1. The zero-order chi connectivity index (χ0) is 21.9. The van der Waals surface area contributed by atoms with Gasteiger partial charge in [0.25, 0.3) is 0 Å². The Morgan fingerprint density at radius 2 is 0.969 bits per heavy atom. The van der Waals surface area contributed by atoms with Crippen molar-refractivity contribution in [3.63, 3.8) is 0 Å². The van der Waals surface area contributed by atoms with Gasteiger partial charge >= 0.3 is 0 Å². The van der Waals surface area contributed by atoms with Gasteiger partial charge in [0.1, 0.15) is 12.5 Å². The second kappa shape index (κ2) is 8.52. The van der Waals surface area contributed by atoms with Crippen LogP contribution in [-0.4, -0.2) is 7.05 Å². The molecule has 0 aliphatic heterocycles. The first-order valence-corrected chi connectivity index (χ1v) is 10.5. The lowest BCUT2D eigenvalue weighted by atomic mass is 10.0. The summed E-state index contributed by atoms with van der Waals surface area (Å²) in [5.74, 6) is 0. The molecule has 0 radical (unpaired) electrons. The van der Waals surface area contributed by atoms with Gasteiger partial charge in [0.2, 0.25) is 0 Å². The molecule has 0 N–H and O–H groups in total. The van der Waals surface area contributed by atoms with E-state index in [1.807, 2.05) is 19.2 Å². The van der Waals surface area contributed by atoms with Crippen LogP contribution in [0, 0.1) is 6.92 Å². The predicted molar refractivity (Wildman–Crippen MR) is 130 cm³/mol. The van der Waals surface area contributed by atoms with Crippen LogP contribution in [0.5, 0.6) is 0 Å². The van der Waals surface area contributed by atoms with E-state index in [2.05, 4.69) is 89.5 Å². The third-order valence-corrected chi connectivity index (χ3v) is 5.66. The van der Waals surface area contributed by atoms with Crippen LogP contribution >= 0.6 is 0 Å². The van der Waals surface area contributed by atoms with Gasteiger partial charge in [-0.2, -0.15) is 0 Å². The molecule has 0 atom stereocenters. The summed E-state index contributed by atoms with van der Waals surface area (Å²) in [5.41, 5.74) is 8.88. The summed E-state index contributed by atoms with van der Waals surface area (Å²) in [7, 11) is 2.03. The molecule has 158 valence electrons. The maximum Gasteiger partial charge on any atom is 0.114 e. The summed E-state index contributed by atoms with van der Waals surface area (Å²) in [5, 5.41) is 0. The highest BCUT2D eigenvalue weighted by atomic mass is 16.3. The number of hydrogen-bond acceptors (Lipinski definition) is 4. The van der Waals surface area contributed by atoms with Gasteiger partial charge in [0, 0.05) is 36.2 Å². The van der Waals surface area contributed by atoms with Crippen LogP contribution < -0.4 is 9.80 Å². The Bertz CT molecular complexity index is 1260.